The standard InChI is InChI=1S/C18H18N4O2/c1-2-17(23)21-15-6-8-16(9-7-15)22-18(24)20-12-14-5-3-4-13(10-14)11-19/h3-10H,2,12H2,1H3,(H,21,23)(H2,20,22,24). The maximum absolute atomic E-state index is 11.9. The molecule has 24 heavy (non-hydrogen) atoms. The summed E-state index contributed by atoms with van der Waals surface area (Å²) in [7, 11) is 0. The topological polar surface area (TPSA) is 94.0 Å². The Morgan fingerprint density at radius 2 is 1.71 bits per heavy atom. The van der Waals surface area contributed by atoms with Crippen LogP contribution < -0.4 is 16.0 Å². The summed E-state index contributed by atoms with van der Waals surface area (Å²) in [6.07, 6.45) is 0.412. The van der Waals surface area contributed by atoms with Crippen molar-refractivity contribution in [3.05, 3.63) is 59.7 Å². The minimum absolute atomic E-state index is 0.0620. The number of benzene rings is 2. The van der Waals surface area contributed by atoms with Gasteiger partial charge in [0.2, 0.25) is 5.91 Å². The van der Waals surface area contributed by atoms with Gasteiger partial charge in [0.1, 0.15) is 0 Å². The quantitative estimate of drug-likeness (QED) is 0.789. The number of hydrogen-bond acceptors (Lipinski definition) is 3. The van der Waals surface area contributed by atoms with E-state index in [2.05, 4.69) is 22.0 Å². The zero-order chi connectivity index (χ0) is 17.4. The van der Waals surface area contributed by atoms with E-state index < -0.39 is 0 Å². The van der Waals surface area contributed by atoms with Crippen LogP contribution in [0, 0.1) is 11.3 Å². The van der Waals surface area contributed by atoms with E-state index in [-0.39, 0.29) is 11.9 Å². The molecular weight excluding hydrogens is 304 g/mol. The number of nitrogens with zero attached hydrogens (tertiary/aromatic N) is 1. The molecule has 6 nitrogen and oxygen atoms in total. The highest BCUT2D eigenvalue weighted by molar-refractivity contribution is 5.92. The third kappa shape index (κ3) is 5.14. The van der Waals surface area contributed by atoms with Crippen LogP contribution in [0.25, 0.3) is 0 Å². The fourth-order valence-corrected chi connectivity index (χ4v) is 1.99. The SMILES string of the molecule is CCC(=O)Nc1ccc(NC(=O)NCc2cccc(C#N)c2)cc1. The minimum atomic E-state index is -0.345. The van der Waals surface area contributed by atoms with Gasteiger partial charge in [-0.1, -0.05) is 19.1 Å². The lowest BCUT2D eigenvalue weighted by atomic mass is 10.1. The molecule has 122 valence electrons. The number of rotatable bonds is 5. The van der Waals surface area contributed by atoms with Crippen LogP contribution in [0.2, 0.25) is 0 Å². The van der Waals surface area contributed by atoms with Gasteiger partial charge >= 0.3 is 6.03 Å². The average Bonchev–Trinajstić information content (AvgIpc) is 2.61. The summed E-state index contributed by atoms with van der Waals surface area (Å²) in [4.78, 5) is 23.2. The smallest absolute Gasteiger partial charge is 0.319 e. The molecule has 0 atom stereocenters. The van der Waals surface area contributed by atoms with Gasteiger partial charge in [0.25, 0.3) is 0 Å². The number of anilines is 2. The largest absolute Gasteiger partial charge is 0.334 e. The van der Waals surface area contributed by atoms with Crippen molar-refractivity contribution in [2.75, 3.05) is 10.6 Å². The summed E-state index contributed by atoms with van der Waals surface area (Å²) in [6.45, 7) is 2.11. The molecule has 6 heteroatoms. The Morgan fingerprint density at radius 1 is 1.04 bits per heavy atom. The molecule has 2 aromatic carbocycles. The van der Waals surface area contributed by atoms with E-state index in [1.54, 1.807) is 49.4 Å². The highest BCUT2D eigenvalue weighted by Crippen LogP contribution is 2.13. The molecule has 2 aromatic rings. The molecule has 0 saturated carbocycles. The number of nitrogens with one attached hydrogen (secondary N) is 3. The molecule has 0 aliphatic heterocycles. The maximum atomic E-state index is 11.9. The molecule has 3 amide bonds. The van der Waals surface area contributed by atoms with Crippen LogP contribution in [0.5, 0.6) is 0 Å². The van der Waals surface area contributed by atoms with Gasteiger partial charge in [0.15, 0.2) is 0 Å². The summed E-state index contributed by atoms with van der Waals surface area (Å²) in [6, 6.07) is 15.6. The van der Waals surface area contributed by atoms with Crippen molar-refractivity contribution in [1.29, 1.82) is 5.26 Å². The van der Waals surface area contributed by atoms with E-state index in [1.165, 1.54) is 0 Å². The molecule has 0 heterocycles. The first-order valence-corrected chi connectivity index (χ1v) is 7.54. The zero-order valence-corrected chi connectivity index (χ0v) is 13.3. The van der Waals surface area contributed by atoms with Gasteiger partial charge in [-0.15, -0.1) is 0 Å². The van der Waals surface area contributed by atoms with Gasteiger partial charge in [0, 0.05) is 24.3 Å². The van der Waals surface area contributed by atoms with Crippen LogP contribution in [-0.4, -0.2) is 11.9 Å². The van der Waals surface area contributed by atoms with Crippen LogP contribution in [0.4, 0.5) is 16.2 Å². The molecule has 0 saturated heterocycles. The predicted molar refractivity (Wildman–Crippen MR) is 92.4 cm³/mol. The van der Waals surface area contributed by atoms with E-state index in [4.69, 9.17) is 5.26 Å². The number of nitriles is 1. The summed E-state index contributed by atoms with van der Waals surface area (Å²) >= 11 is 0. The fraction of sp³-hybridized carbons (Fsp3) is 0.167. The average molecular weight is 322 g/mol. The van der Waals surface area contributed by atoms with Gasteiger partial charge in [-0.25, -0.2) is 4.79 Å². The monoisotopic (exact) mass is 322 g/mol. The molecule has 3 N–H and O–H groups in total. The summed E-state index contributed by atoms with van der Waals surface area (Å²) in [5.74, 6) is -0.0620. The van der Waals surface area contributed by atoms with Crippen molar-refractivity contribution in [2.24, 2.45) is 0 Å². The van der Waals surface area contributed by atoms with E-state index in [9.17, 15) is 9.59 Å². The van der Waals surface area contributed by atoms with Crippen LogP contribution in [-0.2, 0) is 11.3 Å². The second-order valence-corrected chi connectivity index (χ2v) is 5.10. The molecule has 0 radical (unpaired) electrons. The van der Waals surface area contributed by atoms with Crippen molar-refractivity contribution in [3.63, 3.8) is 0 Å². The molecule has 0 unspecified atom stereocenters. The van der Waals surface area contributed by atoms with Crippen molar-refractivity contribution in [1.82, 2.24) is 5.32 Å². The first kappa shape index (κ1) is 17.0. The molecule has 0 spiro atoms. The molecule has 0 fully saturated rings. The Bertz CT molecular complexity index is 763. The number of urea groups is 1. The molecule has 2 rings (SSSR count). The number of carbonyl (C=O) groups is 2. The summed E-state index contributed by atoms with van der Waals surface area (Å²) in [5.41, 5.74) is 2.70. The Labute approximate surface area is 140 Å². The third-order valence-corrected chi connectivity index (χ3v) is 3.26. The second-order valence-electron chi connectivity index (χ2n) is 5.10. The normalized spacial score (nSPS) is 9.67. The van der Waals surface area contributed by atoms with Gasteiger partial charge in [-0.2, -0.15) is 5.26 Å². The van der Waals surface area contributed by atoms with Crippen molar-refractivity contribution < 1.29 is 9.59 Å². The van der Waals surface area contributed by atoms with Crippen LogP contribution in [0.3, 0.4) is 0 Å². The van der Waals surface area contributed by atoms with Gasteiger partial charge < -0.3 is 16.0 Å². The third-order valence-electron chi connectivity index (χ3n) is 3.26. The van der Waals surface area contributed by atoms with Gasteiger partial charge in [-0.3, -0.25) is 4.79 Å². The molecule has 0 aromatic heterocycles. The number of carbonyl (C=O) groups excluding carboxylic acids is 2. The molecule has 0 bridgehead atoms. The minimum Gasteiger partial charge on any atom is -0.334 e. The van der Waals surface area contributed by atoms with E-state index >= 15 is 0 Å². The van der Waals surface area contributed by atoms with E-state index in [0.717, 1.165) is 5.56 Å². The van der Waals surface area contributed by atoms with Crippen LogP contribution in [0.15, 0.2) is 48.5 Å². The first-order valence-electron chi connectivity index (χ1n) is 7.54. The Hall–Kier alpha value is -3.33. The van der Waals surface area contributed by atoms with Crippen LogP contribution >= 0.6 is 0 Å². The summed E-state index contributed by atoms with van der Waals surface area (Å²) in [5, 5.41) is 17.0. The van der Waals surface area contributed by atoms with Gasteiger partial charge in [0.05, 0.1) is 11.6 Å². The first-order chi connectivity index (χ1) is 11.6. The Morgan fingerprint density at radius 3 is 2.33 bits per heavy atom. The summed E-state index contributed by atoms with van der Waals surface area (Å²) < 4.78 is 0. The Kier molecular flexibility index (Phi) is 5.92. The maximum Gasteiger partial charge on any atom is 0.319 e. The van der Waals surface area contributed by atoms with Crippen molar-refractivity contribution in [2.45, 2.75) is 19.9 Å². The van der Waals surface area contributed by atoms with Gasteiger partial charge in [-0.05, 0) is 42.0 Å². The highest BCUT2D eigenvalue weighted by Gasteiger charge is 2.03. The number of amides is 3. The lowest BCUT2D eigenvalue weighted by Crippen LogP contribution is -2.28. The lowest BCUT2D eigenvalue weighted by Gasteiger charge is -2.09. The van der Waals surface area contributed by atoms with Crippen molar-refractivity contribution >= 4 is 23.3 Å². The molecular formula is C18H18N4O2. The highest BCUT2D eigenvalue weighted by atomic mass is 16.2. The van der Waals surface area contributed by atoms with Crippen molar-refractivity contribution in [3.8, 4) is 6.07 Å². The zero-order valence-electron chi connectivity index (χ0n) is 13.3. The Balaban J connectivity index is 1.85. The lowest BCUT2D eigenvalue weighted by molar-refractivity contribution is -0.115. The molecule has 0 aliphatic rings. The number of hydrogen-bond donors (Lipinski definition) is 3. The molecule has 0 aliphatic carbocycles. The fourth-order valence-electron chi connectivity index (χ4n) is 1.99. The van der Waals surface area contributed by atoms with E-state index in [0.29, 0.717) is 29.9 Å². The van der Waals surface area contributed by atoms with Crippen LogP contribution in [0.1, 0.15) is 24.5 Å². The predicted octanol–water partition coefficient (Wildman–Crippen LogP) is 3.23. The van der Waals surface area contributed by atoms with E-state index in [1.807, 2.05) is 6.07 Å². The second kappa shape index (κ2) is 8.34.